The maximum atomic E-state index is 12.4. The Bertz CT molecular complexity index is 810. The molecule has 10 nitrogen and oxygen atoms in total. The van der Waals surface area contributed by atoms with E-state index in [1.807, 2.05) is 24.3 Å². The third-order valence-corrected chi connectivity index (χ3v) is 5.31. The first kappa shape index (κ1) is 21.6. The van der Waals surface area contributed by atoms with Crippen LogP contribution in [0.1, 0.15) is 49.9 Å². The van der Waals surface area contributed by atoms with E-state index in [0.717, 1.165) is 30.8 Å². The van der Waals surface area contributed by atoms with Gasteiger partial charge in [0.05, 0.1) is 12.1 Å². The molecule has 3 rings (SSSR count). The first-order valence-corrected chi connectivity index (χ1v) is 10.1. The van der Waals surface area contributed by atoms with Crippen molar-refractivity contribution in [1.29, 1.82) is 0 Å². The van der Waals surface area contributed by atoms with Gasteiger partial charge in [-0.2, -0.15) is 0 Å². The van der Waals surface area contributed by atoms with Crippen molar-refractivity contribution in [3.63, 3.8) is 0 Å². The summed E-state index contributed by atoms with van der Waals surface area (Å²) >= 11 is 0. The lowest BCUT2D eigenvalue weighted by Crippen LogP contribution is -2.45. The molecule has 2 unspecified atom stereocenters. The van der Waals surface area contributed by atoms with Gasteiger partial charge in [-0.1, -0.05) is 38.1 Å². The normalized spacial score (nSPS) is 19.9. The number of benzene rings is 1. The standard InChI is InChI=1S/C20H27N5O5/c1-3-24(4-2)11-10-21-19(28)22-17-13-6-5-7-14(12-13)18(17)23-20(29)30-25-15(26)8-9-16(25)27/h5-7,12,17-18H,3-4,8-11H2,1-2H3,(H,23,29)(H2,21,22,28). The molecule has 0 spiro atoms. The summed E-state index contributed by atoms with van der Waals surface area (Å²) in [4.78, 5) is 55.1. The van der Waals surface area contributed by atoms with Crippen LogP contribution in [0.15, 0.2) is 24.3 Å². The van der Waals surface area contributed by atoms with Crippen molar-refractivity contribution in [1.82, 2.24) is 25.9 Å². The average molecular weight is 417 g/mol. The molecule has 3 N–H and O–H groups in total. The summed E-state index contributed by atoms with van der Waals surface area (Å²) in [5.74, 6) is -1.10. The van der Waals surface area contributed by atoms with Gasteiger partial charge < -0.3 is 25.7 Å². The maximum absolute atomic E-state index is 12.4. The fourth-order valence-corrected chi connectivity index (χ4v) is 3.62. The molecule has 162 valence electrons. The number of imide groups is 1. The fraction of sp³-hybridized carbons (Fsp3) is 0.500. The molecule has 2 aliphatic rings. The quantitative estimate of drug-likeness (QED) is 0.547. The molecule has 5 amide bonds. The monoisotopic (exact) mass is 417 g/mol. The molecule has 2 atom stereocenters. The van der Waals surface area contributed by atoms with Gasteiger partial charge in [-0.25, -0.2) is 9.59 Å². The zero-order valence-corrected chi connectivity index (χ0v) is 17.1. The molecule has 2 bridgehead atoms. The molecule has 30 heavy (non-hydrogen) atoms. The molecule has 1 aliphatic carbocycles. The summed E-state index contributed by atoms with van der Waals surface area (Å²) in [7, 11) is 0. The fourth-order valence-electron chi connectivity index (χ4n) is 3.62. The highest BCUT2D eigenvalue weighted by Crippen LogP contribution is 2.36. The minimum absolute atomic E-state index is 0.0220. The Kier molecular flexibility index (Phi) is 6.88. The third kappa shape index (κ3) is 4.88. The van der Waals surface area contributed by atoms with Crippen molar-refractivity contribution < 1.29 is 24.0 Å². The smallest absolute Gasteiger partial charge is 0.337 e. The van der Waals surface area contributed by atoms with Crippen LogP contribution < -0.4 is 16.0 Å². The van der Waals surface area contributed by atoms with Gasteiger partial charge in [0.15, 0.2) is 0 Å². The zero-order chi connectivity index (χ0) is 21.7. The molecule has 1 aromatic rings. The van der Waals surface area contributed by atoms with Crippen LogP contribution in [0.25, 0.3) is 0 Å². The summed E-state index contributed by atoms with van der Waals surface area (Å²) in [6.45, 7) is 7.18. The van der Waals surface area contributed by atoms with Crippen LogP contribution in [-0.2, 0) is 14.4 Å². The van der Waals surface area contributed by atoms with E-state index in [1.54, 1.807) is 0 Å². The minimum atomic E-state index is -0.931. The number of hydrogen-bond donors (Lipinski definition) is 3. The molecule has 0 saturated carbocycles. The second kappa shape index (κ2) is 9.57. The Balaban J connectivity index is 1.57. The molecule has 1 aromatic carbocycles. The molecule has 0 aromatic heterocycles. The van der Waals surface area contributed by atoms with Crippen LogP contribution in [-0.4, -0.2) is 60.1 Å². The van der Waals surface area contributed by atoms with Gasteiger partial charge in [0.1, 0.15) is 0 Å². The van der Waals surface area contributed by atoms with Crippen molar-refractivity contribution >= 4 is 23.9 Å². The second-order valence-corrected chi connectivity index (χ2v) is 7.16. The molecular formula is C20H27N5O5. The second-order valence-electron chi connectivity index (χ2n) is 7.16. The molecule has 1 heterocycles. The lowest BCUT2D eigenvalue weighted by Gasteiger charge is -2.24. The third-order valence-electron chi connectivity index (χ3n) is 5.31. The van der Waals surface area contributed by atoms with E-state index in [9.17, 15) is 19.2 Å². The number of nitrogens with one attached hydrogen (secondary N) is 3. The number of fused-ring (bicyclic) bond motifs is 2. The van der Waals surface area contributed by atoms with E-state index < -0.39 is 30.0 Å². The number of likely N-dealkylation sites (N-methyl/N-ethyl adjacent to an activating group) is 1. The van der Waals surface area contributed by atoms with Crippen LogP contribution in [0, 0.1) is 0 Å². The largest absolute Gasteiger partial charge is 0.432 e. The Morgan fingerprint density at radius 3 is 2.27 bits per heavy atom. The molecule has 10 heteroatoms. The van der Waals surface area contributed by atoms with Crippen LogP contribution in [0.3, 0.4) is 0 Å². The van der Waals surface area contributed by atoms with Crippen molar-refractivity contribution in [2.45, 2.75) is 38.8 Å². The highest BCUT2D eigenvalue weighted by Gasteiger charge is 2.37. The van der Waals surface area contributed by atoms with Crippen molar-refractivity contribution in [2.24, 2.45) is 0 Å². The number of nitrogens with zero attached hydrogens (tertiary/aromatic N) is 2. The maximum Gasteiger partial charge on any atom is 0.432 e. The van der Waals surface area contributed by atoms with Gasteiger partial charge in [0, 0.05) is 25.9 Å². The predicted molar refractivity (Wildman–Crippen MR) is 107 cm³/mol. The van der Waals surface area contributed by atoms with Crippen molar-refractivity contribution in [3.05, 3.63) is 35.4 Å². The van der Waals surface area contributed by atoms with Gasteiger partial charge in [0.2, 0.25) is 0 Å². The number of carbonyl (C=O) groups is 4. The van der Waals surface area contributed by atoms with Crippen molar-refractivity contribution in [2.75, 3.05) is 26.2 Å². The van der Waals surface area contributed by atoms with Gasteiger partial charge in [0.25, 0.3) is 11.8 Å². The molecule has 1 aliphatic heterocycles. The van der Waals surface area contributed by atoms with Gasteiger partial charge in [-0.05, 0) is 24.2 Å². The number of amides is 5. The van der Waals surface area contributed by atoms with Gasteiger partial charge in [-0.3, -0.25) is 9.59 Å². The van der Waals surface area contributed by atoms with Gasteiger partial charge in [-0.15, -0.1) is 5.06 Å². The van der Waals surface area contributed by atoms with Crippen molar-refractivity contribution in [3.8, 4) is 0 Å². The molecule has 0 radical (unpaired) electrons. The van der Waals surface area contributed by atoms with E-state index in [1.165, 1.54) is 0 Å². The Labute approximate surface area is 174 Å². The van der Waals surface area contributed by atoms with E-state index in [2.05, 4.69) is 34.7 Å². The number of hydrogen-bond acceptors (Lipinski definition) is 6. The highest BCUT2D eigenvalue weighted by molar-refractivity contribution is 6.01. The van der Waals surface area contributed by atoms with E-state index >= 15 is 0 Å². The van der Waals surface area contributed by atoms with E-state index in [-0.39, 0.29) is 18.9 Å². The zero-order valence-electron chi connectivity index (χ0n) is 17.1. The molecular weight excluding hydrogens is 390 g/mol. The first-order valence-electron chi connectivity index (χ1n) is 10.1. The highest BCUT2D eigenvalue weighted by atomic mass is 16.7. The Hall–Kier alpha value is -3.14. The summed E-state index contributed by atoms with van der Waals surface area (Å²) in [6.07, 6.45) is -0.887. The van der Waals surface area contributed by atoms with E-state index in [4.69, 9.17) is 4.84 Å². The average Bonchev–Trinajstić information content (AvgIpc) is 3.16. The Morgan fingerprint density at radius 1 is 1.07 bits per heavy atom. The summed E-state index contributed by atoms with van der Waals surface area (Å²) in [5, 5.41) is 8.85. The lowest BCUT2D eigenvalue weighted by atomic mass is 10.1. The Morgan fingerprint density at radius 2 is 1.67 bits per heavy atom. The van der Waals surface area contributed by atoms with Gasteiger partial charge >= 0.3 is 12.1 Å². The predicted octanol–water partition coefficient (Wildman–Crippen LogP) is 1.21. The van der Waals surface area contributed by atoms with E-state index in [0.29, 0.717) is 11.6 Å². The molecule has 1 fully saturated rings. The summed E-state index contributed by atoms with van der Waals surface area (Å²) in [5.41, 5.74) is 1.63. The number of rotatable bonds is 8. The van der Waals surface area contributed by atoms with Crippen LogP contribution in [0.4, 0.5) is 9.59 Å². The molecule has 1 saturated heterocycles. The number of carbonyl (C=O) groups excluding carboxylic acids is 4. The van der Waals surface area contributed by atoms with Crippen LogP contribution in [0.5, 0.6) is 0 Å². The minimum Gasteiger partial charge on any atom is -0.337 e. The summed E-state index contributed by atoms with van der Waals surface area (Å²) in [6, 6.07) is 5.95. The number of urea groups is 1. The van der Waals surface area contributed by atoms with Crippen LogP contribution >= 0.6 is 0 Å². The SMILES string of the molecule is CCN(CC)CCNC(=O)NC1c2cccc(c2)C1NC(=O)ON1C(=O)CCC1=O. The lowest BCUT2D eigenvalue weighted by molar-refractivity contribution is -0.171. The summed E-state index contributed by atoms with van der Waals surface area (Å²) < 4.78 is 0. The first-order chi connectivity index (χ1) is 14.4. The number of hydroxylamine groups is 2. The van der Waals surface area contributed by atoms with Crippen LogP contribution in [0.2, 0.25) is 0 Å². The topological polar surface area (TPSA) is 120 Å².